The number of nitriles is 1. The summed E-state index contributed by atoms with van der Waals surface area (Å²) < 4.78 is 12.2. The molecule has 8 heteroatoms. The Morgan fingerprint density at radius 1 is 1.45 bits per heavy atom. The van der Waals surface area contributed by atoms with Crippen LogP contribution in [0.1, 0.15) is 24.1 Å². The van der Waals surface area contributed by atoms with E-state index in [1.807, 2.05) is 36.4 Å². The predicted molar refractivity (Wildman–Crippen MR) is 108 cm³/mol. The number of rotatable bonds is 5. The van der Waals surface area contributed by atoms with Crippen LogP contribution >= 0.6 is 11.6 Å². The van der Waals surface area contributed by atoms with Crippen LogP contribution in [0.25, 0.3) is 5.69 Å². The summed E-state index contributed by atoms with van der Waals surface area (Å²) in [6, 6.07) is 11.3. The summed E-state index contributed by atoms with van der Waals surface area (Å²) in [5.74, 6) is -1.35. The maximum atomic E-state index is 12.8. The Balaban J connectivity index is 2.21. The SMILES string of the molecule is C=CCOC(=O)C1=C(C)OC(N)=C(C#N)[C@@H]1c1c(C)nn(-c2ccccc2)c1Cl. The van der Waals surface area contributed by atoms with E-state index in [1.165, 1.54) is 6.08 Å². The summed E-state index contributed by atoms with van der Waals surface area (Å²) in [6.07, 6.45) is 1.45. The Morgan fingerprint density at radius 2 is 2.14 bits per heavy atom. The van der Waals surface area contributed by atoms with Gasteiger partial charge in [0.1, 0.15) is 29.2 Å². The summed E-state index contributed by atoms with van der Waals surface area (Å²) in [5.41, 5.74) is 7.95. The third kappa shape index (κ3) is 3.62. The van der Waals surface area contributed by atoms with Gasteiger partial charge in [-0.25, -0.2) is 9.48 Å². The smallest absolute Gasteiger partial charge is 0.338 e. The number of halogens is 1. The van der Waals surface area contributed by atoms with Crippen molar-refractivity contribution in [3.8, 4) is 11.8 Å². The summed E-state index contributed by atoms with van der Waals surface area (Å²) >= 11 is 6.69. The minimum atomic E-state index is -0.865. The number of carbonyl (C=O) groups excluding carboxylic acids is 1. The van der Waals surface area contributed by atoms with E-state index in [1.54, 1.807) is 18.5 Å². The van der Waals surface area contributed by atoms with Crippen LogP contribution in [0, 0.1) is 18.3 Å². The van der Waals surface area contributed by atoms with Gasteiger partial charge in [-0.1, -0.05) is 42.5 Å². The van der Waals surface area contributed by atoms with Gasteiger partial charge in [-0.2, -0.15) is 10.4 Å². The van der Waals surface area contributed by atoms with E-state index in [4.69, 9.17) is 26.8 Å². The second-order valence-corrected chi connectivity index (χ2v) is 6.68. The van der Waals surface area contributed by atoms with E-state index >= 15 is 0 Å². The molecule has 1 aromatic carbocycles. The van der Waals surface area contributed by atoms with Gasteiger partial charge >= 0.3 is 5.97 Å². The van der Waals surface area contributed by atoms with E-state index < -0.39 is 11.9 Å². The monoisotopic (exact) mass is 410 g/mol. The van der Waals surface area contributed by atoms with Crippen LogP contribution in [0.4, 0.5) is 0 Å². The number of nitrogens with zero attached hydrogens (tertiary/aromatic N) is 3. The molecule has 1 aliphatic rings. The quantitative estimate of drug-likeness (QED) is 0.596. The van der Waals surface area contributed by atoms with Crippen molar-refractivity contribution < 1.29 is 14.3 Å². The second kappa shape index (κ2) is 8.25. The van der Waals surface area contributed by atoms with Crippen molar-refractivity contribution in [2.24, 2.45) is 5.73 Å². The van der Waals surface area contributed by atoms with Gasteiger partial charge < -0.3 is 15.2 Å². The van der Waals surface area contributed by atoms with E-state index in [2.05, 4.69) is 11.7 Å². The van der Waals surface area contributed by atoms with Crippen molar-refractivity contribution in [1.82, 2.24) is 9.78 Å². The van der Waals surface area contributed by atoms with Gasteiger partial charge in [0.15, 0.2) is 0 Å². The predicted octanol–water partition coefficient (Wildman–Crippen LogP) is 3.65. The van der Waals surface area contributed by atoms with Gasteiger partial charge in [0, 0.05) is 5.56 Å². The highest BCUT2D eigenvalue weighted by molar-refractivity contribution is 6.31. The number of carbonyl (C=O) groups is 1. The highest BCUT2D eigenvalue weighted by atomic mass is 35.5. The molecule has 0 fully saturated rings. The molecule has 29 heavy (non-hydrogen) atoms. The highest BCUT2D eigenvalue weighted by Crippen LogP contribution is 2.43. The Labute approximate surface area is 173 Å². The largest absolute Gasteiger partial charge is 0.458 e. The number of nitrogens with two attached hydrogens (primary N) is 1. The van der Waals surface area contributed by atoms with Crippen molar-refractivity contribution in [2.75, 3.05) is 6.61 Å². The maximum Gasteiger partial charge on any atom is 0.338 e. The van der Waals surface area contributed by atoms with E-state index in [0.717, 1.165) is 5.69 Å². The zero-order valence-electron chi connectivity index (χ0n) is 16.0. The molecule has 1 atom stereocenters. The first-order valence-corrected chi connectivity index (χ1v) is 9.15. The van der Waals surface area contributed by atoms with Gasteiger partial charge in [-0.05, 0) is 26.0 Å². The molecule has 0 unspecified atom stereocenters. The van der Waals surface area contributed by atoms with E-state index in [0.29, 0.717) is 11.3 Å². The molecule has 0 radical (unpaired) electrons. The van der Waals surface area contributed by atoms with Crippen molar-refractivity contribution in [3.05, 3.63) is 82.2 Å². The van der Waals surface area contributed by atoms with Gasteiger partial charge in [0.05, 0.1) is 22.9 Å². The van der Waals surface area contributed by atoms with Crippen LogP contribution in [-0.4, -0.2) is 22.4 Å². The molecule has 0 spiro atoms. The van der Waals surface area contributed by atoms with Crippen molar-refractivity contribution in [2.45, 2.75) is 19.8 Å². The zero-order chi connectivity index (χ0) is 21.1. The summed E-state index contributed by atoms with van der Waals surface area (Å²) in [6.45, 7) is 6.89. The fourth-order valence-corrected chi connectivity index (χ4v) is 3.61. The third-order valence-electron chi connectivity index (χ3n) is 4.50. The average molecular weight is 411 g/mol. The Hall–Kier alpha value is -3.50. The third-order valence-corrected chi connectivity index (χ3v) is 4.86. The van der Waals surface area contributed by atoms with Crippen LogP contribution in [0.15, 0.2) is 65.8 Å². The summed E-state index contributed by atoms with van der Waals surface area (Å²) in [4.78, 5) is 12.8. The topological polar surface area (TPSA) is 103 Å². The second-order valence-electron chi connectivity index (χ2n) is 6.32. The summed E-state index contributed by atoms with van der Waals surface area (Å²) in [7, 11) is 0. The first-order valence-electron chi connectivity index (χ1n) is 8.77. The first-order chi connectivity index (χ1) is 13.9. The van der Waals surface area contributed by atoms with Gasteiger partial charge in [-0.3, -0.25) is 0 Å². The zero-order valence-corrected chi connectivity index (χ0v) is 16.7. The molecule has 3 rings (SSSR count). The lowest BCUT2D eigenvalue weighted by Crippen LogP contribution is -2.26. The molecule has 1 aromatic heterocycles. The molecular formula is C21H19ClN4O3. The lowest BCUT2D eigenvalue weighted by atomic mass is 9.83. The Kier molecular flexibility index (Phi) is 5.76. The molecule has 2 heterocycles. The van der Waals surface area contributed by atoms with Crippen LogP contribution < -0.4 is 5.73 Å². The molecule has 2 aromatic rings. The Bertz CT molecular complexity index is 1080. The number of hydrogen-bond donors (Lipinski definition) is 1. The highest BCUT2D eigenvalue weighted by Gasteiger charge is 2.39. The molecule has 7 nitrogen and oxygen atoms in total. The van der Waals surface area contributed by atoms with Gasteiger partial charge in [0.25, 0.3) is 0 Å². The normalized spacial score (nSPS) is 16.3. The average Bonchev–Trinajstić information content (AvgIpc) is 3.00. The number of aryl methyl sites for hydroxylation is 1. The lowest BCUT2D eigenvalue weighted by Gasteiger charge is -2.26. The Morgan fingerprint density at radius 3 is 2.76 bits per heavy atom. The number of esters is 1. The van der Waals surface area contributed by atoms with E-state index in [9.17, 15) is 10.1 Å². The molecule has 0 aliphatic carbocycles. The molecular weight excluding hydrogens is 392 g/mol. The molecule has 0 bridgehead atoms. The number of allylic oxidation sites excluding steroid dienone is 2. The molecule has 0 saturated carbocycles. The molecule has 1 aliphatic heterocycles. The van der Waals surface area contributed by atoms with Crippen LogP contribution in [0.5, 0.6) is 0 Å². The molecule has 148 valence electrons. The first kappa shape index (κ1) is 20.2. The fraction of sp³-hybridized carbons (Fsp3) is 0.190. The van der Waals surface area contributed by atoms with Crippen molar-refractivity contribution in [3.63, 3.8) is 0 Å². The van der Waals surface area contributed by atoms with Crippen LogP contribution in [0.3, 0.4) is 0 Å². The summed E-state index contributed by atoms with van der Waals surface area (Å²) in [5, 5.41) is 14.5. The number of aromatic nitrogens is 2. The van der Waals surface area contributed by atoms with E-state index in [-0.39, 0.29) is 34.5 Å². The maximum absolute atomic E-state index is 12.8. The minimum absolute atomic E-state index is 0.0133. The molecule has 0 saturated heterocycles. The molecule has 0 amide bonds. The standard InChI is InChI=1S/C21H19ClN4O3/c1-4-10-28-21(27)17-13(3)29-20(24)15(11-23)18(17)16-12(2)25-26(19(16)22)14-8-6-5-7-9-14/h4-9,18H,1,10,24H2,2-3H3/t18-/m1/s1. The number of ether oxygens (including phenoxy) is 2. The fourth-order valence-electron chi connectivity index (χ4n) is 3.23. The van der Waals surface area contributed by atoms with Crippen molar-refractivity contribution >= 4 is 17.6 Å². The number of para-hydroxylation sites is 1. The van der Waals surface area contributed by atoms with Crippen LogP contribution in [-0.2, 0) is 14.3 Å². The minimum Gasteiger partial charge on any atom is -0.458 e. The molecule has 2 N–H and O–H groups in total. The number of hydrogen-bond acceptors (Lipinski definition) is 6. The van der Waals surface area contributed by atoms with Crippen molar-refractivity contribution in [1.29, 1.82) is 5.26 Å². The van der Waals surface area contributed by atoms with Gasteiger partial charge in [-0.15, -0.1) is 0 Å². The van der Waals surface area contributed by atoms with Gasteiger partial charge in [0.2, 0.25) is 5.88 Å². The number of benzene rings is 1. The van der Waals surface area contributed by atoms with Crippen LogP contribution in [0.2, 0.25) is 5.15 Å². The lowest BCUT2D eigenvalue weighted by molar-refractivity contribution is -0.138.